The first-order chi connectivity index (χ1) is 12.8. The van der Waals surface area contributed by atoms with Crippen LogP contribution in [-0.2, 0) is 6.42 Å². The van der Waals surface area contributed by atoms with E-state index in [1.165, 1.54) is 22.9 Å². The highest BCUT2D eigenvalue weighted by molar-refractivity contribution is 5.85. The number of piperazine rings is 1. The number of ether oxygens (including phenoxy) is 1. The van der Waals surface area contributed by atoms with E-state index >= 15 is 0 Å². The molecule has 0 amide bonds. The molecule has 1 aliphatic rings. The van der Waals surface area contributed by atoms with Crippen molar-refractivity contribution in [2.24, 2.45) is 0 Å². The van der Waals surface area contributed by atoms with E-state index in [1.54, 1.807) is 13.3 Å². The first-order valence-electron chi connectivity index (χ1n) is 9.35. The molecule has 0 saturated carbocycles. The first kappa shape index (κ1) is 22.3. The second-order valence-electron chi connectivity index (χ2n) is 6.84. The predicted molar refractivity (Wildman–Crippen MR) is 121 cm³/mol. The Morgan fingerprint density at radius 2 is 1.86 bits per heavy atom. The van der Waals surface area contributed by atoms with Crippen LogP contribution >= 0.6 is 24.8 Å². The maximum Gasteiger partial charge on any atom is 0.160 e. The zero-order valence-electron chi connectivity index (χ0n) is 16.1. The van der Waals surface area contributed by atoms with Crippen molar-refractivity contribution in [2.45, 2.75) is 12.8 Å². The lowest BCUT2D eigenvalue weighted by Crippen LogP contribution is -2.46. The molecule has 0 radical (unpaired) electrons. The van der Waals surface area contributed by atoms with Crippen molar-refractivity contribution in [3.63, 3.8) is 0 Å². The molecule has 0 atom stereocenters. The van der Waals surface area contributed by atoms with Gasteiger partial charge in [-0.05, 0) is 37.1 Å². The highest BCUT2D eigenvalue weighted by Crippen LogP contribution is 2.27. The minimum Gasteiger partial charge on any atom is -0.493 e. The van der Waals surface area contributed by atoms with Gasteiger partial charge in [-0.3, -0.25) is 9.88 Å². The van der Waals surface area contributed by atoms with E-state index in [2.05, 4.69) is 50.2 Å². The number of fused-ring (bicyclic) bond motifs is 1. The van der Waals surface area contributed by atoms with Crippen LogP contribution in [0.1, 0.15) is 12.0 Å². The van der Waals surface area contributed by atoms with Gasteiger partial charge in [0.1, 0.15) is 0 Å². The second kappa shape index (κ2) is 10.6. The van der Waals surface area contributed by atoms with Gasteiger partial charge in [-0.15, -0.1) is 24.8 Å². The number of hydrogen-bond acceptors (Lipinski definition) is 4. The molecule has 7 heteroatoms. The third-order valence-corrected chi connectivity index (χ3v) is 5.29. The lowest BCUT2D eigenvalue weighted by Gasteiger charge is -2.36. The van der Waals surface area contributed by atoms with Gasteiger partial charge in [-0.2, -0.15) is 0 Å². The molecule has 2 aromatic heterocycles. The molecule has 0 spiro atoms. The van der Waals surface area contributed by atoms with Crippen LogP contribution in [0.2, 0.25) is 0 Å². The standard InChI is InChI=1S/C21H26N4O.2ClH/c1-26-21-16-22-9-8-20(21)25-13-11-24(12-14-25)10-4-5-17-15-23-19-7-3-2-6-18(17)19;;/h2-3,6-9,15-16,23H,4-5,10-14H2,1H3;2*1H. The van der Waals surface area contributed by atoms with Crippen molar-refractivity contribution < 1.29 is 4.74 Å². The van der Waals surface area contributed by atoms with Crippen molar-refractivity contribution in [3.05, 3.63) is 54.5 Å². The van der Waals surface area contributed by atoms with Crippen LogP contribution in [0.4, 0.5) is 5.69 Å². The van der Waals surface area contributed by atoms with Crippen molar-refractivity contribution in [1.82, 2.24) is 14.9 Å². The Kier molecular flexibility index (Phi) is 8.42. The number of pyridine rings is 1. The van der Waals surface area contributed by atoms with E-state index in [0.29, 0.717) is 0 Å². The number of rotatable bonds is 6. The van der Waals surface area contributed by atoms with Crippen LogP contribution in [0.15, 0.2) is 48.9 Å². The van der Waals surface area contributed by atoms with E-state index in [4.69, 9.17) is 4.74 Å². The Balaban J connectivity index is 0.00000140. The van der Waals surface area contributed by atoms with Gasteiger partial charge in [0.25, 0.3) is 0 Å². The molecule has 1 fully saturated rings. The number of aromatic nitrogens is 2. The Morgan fingerprint density at radius 3 is 2.64 bits per heavy atom. The average molecular weight is 423 g/mol. The van der Waals surface area contributed by atoms with E-state index in [-0.39, 0.29) is 24.8 Å². The van der Waals surface area contributed by atoms with Crippen LogP contribution in [0.25, 0.3) is 10.9 Å². The predicted octanol–water partition coefficient (Wildman–Crippen LogP) is 4.17. The quantitative estimate of drug-likeness (QED) is 0.647. The van der Waals surface area contributed by atoms with Crippen LogP contribution in [-0.4, -0.2) is 54.7 Å². The SMILES string of the molecule is COc1cnccc1N1CCN(CCCc2c[nH]c3ccccc23)CC1.Cl.Cl. The average Bonchev–Trinajstić information content (AvgIpc) is 3.12. The number of hydrogen-bond donors (Lipinski definition) is 1. The molecule has 5 nitrogen and oxygen atoms in total. The van der Waals surface area contributed by atoms with Crippen LogP contribution in [0.5, 0.6) is 5.75 Å². The van der Waals surface area contributed by atoms with Gasteiger partial charge >= 0.3 is 0 Å². The summed E-state index contributed by atoms with van der Waals surface area (Å²) in [5.41, 5.74) is 3.82. The third-order valence-electron chi connectivity index (χ3n) is 5.29. The number of nitrogens with zero attached hydrogens (tertiary/aromatic N) is 3. The number of aryl methyl sites for hydroxylation is 1. The van der Waals surface area contributed by atoms with Crippen LogP contribution in [0, 0.1) is 0 Å². The van der Waals surface area contributed by atoms with E-state index < -0.39 is 0 Å². The van der Waals surface area contributed by atoms with E-state index in [1.807, 2.05) is 12.3 Å². The fraction of sp³-hybridized carbons (Fsp3) is 0.381. The van der Waals surface area contributed by atoms with Crippen molar-refractivity contribution in [2.75, 3.05) is 44.7 Å². The summed E-state index contributed by atoms with van der Waals surface area (Å²) in [7, 11) is 1.71. The number of anilines is 1. The summed E-state index contributed by atoms with van der Waals surface area (Å²) < 4.78 is 5.45. The topological polar surface area (TPSA) is 44.4 Å². The number of nitrogens with one attached hydrogen (secondary N) is 1. The summed E-state index contributed by atoms with van der Waals surface area (Å²) in [6, 6.07) is 10.6. The zero-order valence-corrected chi connectivity index (χ0v) is 17.8. The van der Waals surface area contributed by atoms with Gasteiger partial charge in [-0.1, -0.05) is 18.2 Å². The molecule has 3 heterocycles. The van der Waals surface area contributed by atoms with E-state index in [0.717, 1.165) is 50.6 Å². The maximum atomic E-state index is 5.45. The number of methoxy groups -OCH3 is 1. The number of H-pyrrole nitrogens is 1. The number of benzene rings is 1. The summed E-state index contributed by atoms with van der Waals surface area (Å²) >= 11 is 0. The molecule has 3 aromatic rings. The summed E-state index contributed by atoms with van der Waals surface area (Å²) in [6.07, 6.45) is 8.12. The van der Waals surface area contributed by atoms with Crippen LogP contribution < -0.4 is 9.64 Å². The first-order valence-corrected chi connectivity index (χ1v) is 9.35. The number of para-hydroxylation sites is 1. The Bertz CT molecular complexity index is 862. The Morgan fingerprint density at radius 1 is 1.07 bits per heavy atom. The van der Waals surface area contributed by atoms with Crippen molar-refractivity contribution in [3.8, 4) is 5.75 Å². The van der Waals surface area contributed by atoms with Crippen molar-refractivity contribution >= 4 is 41.4 Å². The molecule has 1 saturated heterocycles. The second-order valence-corrected chi connectivity index (χ2v) is 6.84. The van der Waals surface area contributed by atoms with Gasteiger partial charge in [0.05, 0.1) is 19.0 Å². The van der Waals surface area contributed by atoms with Gasteiger partial charge < -0.3 is 14.6 Å². The highest BCUT2D eigenvalue weighted by Gasteiger charge is 2.19. The fourth-order valence-electron chi connectivity index (χ4n) is 3.84. The molecule has 1 aliphatic heterocycles. The van der Waals surface area contributed by atoms with E-state index in [9.17, 15) is 0 Å². The Hall–Kier alpha value is -1.95. The summed E-state index contributed by atoms with van der Waals surface area (Å²) in [5.74, 6) is 0.861. The van der Waals surface area contributed by atoms with Gasteiger partial charge in [0.15, 0.2) is 5.75 Å². The molecular weight excluding hydrogens is 395 g/mol. The number of halogens is 2. The smallest absolute Gasteiger partial charge is 0.160 e. The molecule has 0 aliphatic carbocycles. The molecular formula is C21H28Cl2N4O. The molecule has 0 bridgehead atoms. The largest absolute Gasteiger partial charge is 0.493 e. The molecule has 152 valence electrons. The molecule has 28 heavy (non-hydrogen) atoms. The lowest BCUT2D eigenvalue weighted by molar-refractivity contribution is 0.254. The summed E-state index contributed by atoms with van der Waals surface area (Å²) in [4.78, 5) is 12.5. The number of aromatic amines is 1. The van der Waals surface area contributed by atoms with Crippen LogP contribution in [0.3, 0.4) is 0 Å². The monoisotopic (exact) mass is 422 g/mol. The molecule has 1 aromatic carbocycles. The van der Waals surface area contributed by atoms with Gasteiger partial charge in [0, 0.05) is 49.5 Å². The summed E-state index contributed by atoms with van der Waals surface area (Å²) in [6.45, 7) is 5.42. The maximum absolute atomic E-state index is 5.45. The highest BCUT2D eigenvalue weighted by atomic mass is 35.5. The molecule has 4 rings (SSSR count). The minimum absolute atomic E-state index is 0. The summed E-state index contributed by atoms with van der Waals surface area (Å²) in [5, 5.41) is 1.36. The third kappa shape index (κ3) is 4.90. The minimum atomic E-state index is 0. The zero-order chi connectivity index (χ0) is 17.8. The normalized spacial score (nSPS) is 14.4. The molecule has 1 N–H and O–H groups in total. The van der Waals surface area contributed by atoms with Crippen molar-refractivity contribution in [1.29, 1.82) is 0 Å². The lowest BCUT2D eigenvalue weighted by atomic mass is 10.1. The molecule has 0 unspecified atom stereocenters. The van der Waals surface area contributed by atoms with Gasteiger partial charge in [-0.25, -0.2) is 0 Å². The van der Waals surface area contributed by atoms with Gasteiger partial charge in [0.2, 0.25) is 0 Å². The Labute approximate surface area is 178 Å². The fourth-order valence-corrected chi connectivity index (χ4v) is 3.84.